The normalized spacial score (nSPS) is 33.7. The summed E-state index contributed by atoms with van der Waals surface area (Å²) in [6, 6.07) is -1.21. The van der Waals surface area contributed by atoms with E-state index in [0.29, 0.717) is 26.1 Å². The smallest absolute Gasteiger partial charge is 0.247 e. The summed E-state index contributed by atoms with van der Waals surface area (Å²) in [6.07, 6.45) is 9.63. The average Bonchev–Trinajstić information content (AvgIpc) is 3.09. The van der Waals surface area contributed by atoms with E-state index in [-0.39, 0.29) is 35.5 Å². The molecule has 0 saturated carbocycles. The highest BCUT2D eigenvalue weighted by molar-refractivity contribution is 8.02. The van der Waals surface area contributed by atoms with E-state index >= 15 is 0 Å². The van der Waals surface area contributed by atoms with Crippen LogP contribution in [0, 0.1) is 17.8 Å². The van der Waals surface area contributed by atoms with E-state index in [1.165, 1.54) is 0 Å². The monoisotopic (exact) mass is 503 g/mol. The van der Waals surface area contributed by atoms with Crippen molar-refractivity contribution in [3.05, 3.63) is 24.3 Å². The number of thioether (sulfide) groups is 1. The molecule has 194 valence electrons. The first kappa shape index (κ1) is 26.3. The van der Waals surface area contributed by atoms with Gasteiger partial charge in [-0.3, -0.25) is 14.4 Å². The summed E-state index contributed by atoms with van der Waals surface area (Å²) >= 11 is 1.61. The van der Waals surface area contributed by atoms with E-state index in [1.54, 1.807) is 16.7 Å². The number of hydrogen-bond acceptors (Lipinski definition) is 5. The molecule has 0 radical (unpaired) electrons. The number of rotatable bonds is 6. The molecule has 0 aromatic rings. The zero-order chi connectivity index (χ0) is 25.7. The molecule has 1 spiro atoms. The van der Waals surface area contributed by atoms with Gasteiger partial charge in [0.25, 0.3) is 0 Å². The van der Waals surface area contributed by atoms with E-state index < -0.39 is 34.2 Å². The molecule has 3 amide bonds. The molecule has 8 heteroatoms. The Morgan fingerprint density at radius 2 is 1.83 bits per heavy atom. The second-order valence-electron chi connectivity index (χ2n) is 11.8. The molecular formula is C27H41N3O4S. The SMILES string of the molecule is CCCN1CC=C[C@@H]2S[C@]34C=CCN(C(C)(C)C)C(=O)C3N([C@@H](CO)CC(C)C)C(=O)[C@@H]4[C@@H]2C1=O. The third-order valence-corrected chi connectivity index (χ3v) is 9.58. The van der Waals surface area contributed by atoms with Crippen LogP contribution in [-0.4, -0.2) is 91.4 Å². The number of aliphatic hydroxyl groups is 1. The summed E-state index contributed by atoms with van der Waals surface area (Å²) in [5, 5.41) is 10.2. The van der Waals surface area contributed by atoms with Gasteiger partial charge < -0.3 is 19.8 Å². The molecule has 0 bridgehead atoms. The van der Waals surface area contributed by atoms with Crippen molar-refractivity contribution in [3.8, 4) is 0 Å². The van der Waals surface area contributed by atoms with Crippen LogP contribution in [0.1, 0.15) is 54.4 Å². The number of aliphatic hydroxyl groups excluding tert-OH is 1. The van der Waals surface area contributed by atoms with E-state index in [2.05, 4.69) is 26.0 Å². The molecule has 0 aromatic heterocycles. The van der Waals surface area contributed by atoms with Crippen molar-refractivity contribution < 1.29 is 19.5 Å². The van der Waals surface area contributed by atoms with Crippen molar-refractivity contribution in [1.82, 2.24) is 14.7 Å². The van der Waals surface area contributed by atoms with Crippen molar-refractivity contribution in [1.29, 1.82) is 0 Å². The molecule has 6 atom stereocenters. The number of carbonyl (C=O) groups is 3. The second-order valence-corrected chi connectivity index (χ2v) is 13.3. The third kappa shape index (κ3) is 4.24. The van der Waals surface area contributed by atoms with Gasteiger partial charge in [-0.05, 0) is 39.5 Å². The van der Waals surface area contributed by atoms with Crippen molar-refractivity contribution in [3.63, 3.8) is 0 Å². The van der Waals surface area contributed by atoms with Gasteiger partial charge in [0.2, 0.25) is 17.7 Å². The van der Waals surface area contributed by atoms with Gasteiger partial charge in [0.05, 0.1) is 29.2 Å². The zero-order valence-electron chi connectivity index (χ0n) is 21.9. The van der Waals surface area contributed by atoms with Gasteiger partial charge in [-0.15, -0.1) is 11.8 Å². The predicted octanol–water partition coefficient (Wildman–Crippen LogP) is 2.70. The van der Waals surface area contributed by atoms with Crippen LogP contribution in [0.25, 0.3) is 0 Å². The molecule has 4 heterocycles. The number of likely N-dealkylation sites (tertiary alicyclic amines) is 1. The highest BCUT2D eigenvalue weighted by Crippen LogP contribution is 2.61. The topological polar surface area (TPSA) is 81.2 Å². The highest BCUT2D eigenvalue weighted by atomic mass is 32.2. The molecule has 2 saturated heterocycles. The maximum absolute atomic E-state index is 14.3. The largest absolute Gasteiger partial charge is 0.394 e. The Hall–Kier alpha value is -1.80. The number of amides is 3. The molecule has 1 unspecified atom stereocenters. The minimum Gasteiger partial charge on any atom is -0.394 e. The summed E-state index contributed by atoms with van der Waals surface area (Å²) in [7, 11) is 0. The van der Waals surface area contributed by atoms with Gasteiger partial charge in [0.15, 0.2) is 0 Å². The molecule has 0 aliphatic carbocycles. The van der Waals surface area contributed by atoms with E-state index in [0.717, 1.165) is 6.42 Å². The van der Waals surface area contributed by atoms with Crippen LogP contribution in [0.2, 0.25) is 0 Å². The standard InChI is InChI=1S/C27H41N3O4S/c1-7-12-28-13-8-10-19-20(23(28)32)21-24(33)30(18(16-31)15-17(2)3)22-25(34)29(26(4,5)6)14-9-11-27(21,22)35-19/h8-11,17-22,31H,7,12-16H2,1-6H3/t18-,19+,20-,21+,22?,27+/m1/s1. The Morgan fingerprint density at radius 3 is 2.43 bits per heavy atom. The van der Waals surface area contributed by atoms with Crippen LogP contribution in [0.3, 0.4) is 0 Å². The van der Waals surface area contributed by atoms with Crippen molar-refractivity contribution in [2.45, 2.75) is 82.0 Å². The lowest BCUT2D eigenvalue weighted by atomic mass is 9.78. The fourth-order valence-corrected chi connectivity index (χ4v) is 8.41. The average molecular weight is 504 g/mol. The number of nitrogens with zero attached hydrogens (tertiary/aromatic N) is 3. The molecule has 4 rings (SSSR count). The minimum absolute atomic E-state index is 0.00681. The fraction of sp³-hybridized carbons (Fsp3) is 0.741. The summed E-state index contributed by atoms with van der Waals surface area (Å²) in [4.78, 5) is 47.8. The Morgan fingerprint density at radius 1 is 1.11 bits per heavy atom. The maximum atomic E-state index is 14.3. The van der Waals surface area contributed by atoms with Gasteiger partial charge in [-0.2, -0.15) is 0 Å². The van der Waals surface area contributed by atoms with Gasteiger partial charge in [0, 0.05) is 30.4 Å². The fourth-order valence-electron chi connectivity index (χ4n) is 6.42. The first-order valence-electron chi connectivity index (χ1n) is 13.0. The minimum atomic E-state index is -0.830. The Bertz CT molecular complexity index is 926. The first-order valence-corrected chi connectivity index (χ1v) is 13.9. The molecule has 4 aliphatic heterocycles. The molecule has 1 N–H and O–H groups in total. The molecule has 2 fully saturated rings. The zero-order valence-corrected chi connectivity index (χ0v) is 22.8. The number of carbonyl (C=O) groups excluding carboxylic acids is 3. The Labute approximate surface area is 214 Å². The van der Waals surface area contributed by atoms with Gasteiger partial charge >= 0.3 is 0 Å². The lowest BCUT2D eigenvalue weighted by Gasteiger charge is -2.42. The molecule has 0 aromatic carbocycles. The van der Waals surface area contributed by atoms with Crippen LogP contribution in [0.4, 0.5) is 0 Å². The lowest BCUT2D eigenvalue weighted by Crippen LogP contribution is -2.59. The van der Waals surface area contributed by atoms with E-state index in [4.69, 9.17) is 0 Å². The number of fused-ring (bicyclic) bond motifs is 2. The maximum Gasteiger partial charge on any atom is 0.247 e. The number of hydrogen-bond donors (Lipinski definition) is 1. The van der Waals surface area contributed by atoms with Crippen LogP contribution in [-0.2, 0) is 14.4 Å². The van der Waals surface area contributed by atoms with Gasteiger partial charge in [-0.1, -0.05) is 45.1 Å². The van der Waals surface area contributed by atoms with Crippen LogP contribution < -0.4 is 0 Å². The summed E-state index contributed by atoms with van der Waals surface area (Å²) in [5.41, 5.74) is -0.423. The van der Waals surface area contributed by atoms with E-state index in [9.17, 15) is 19.5 Å². The molecule has 35 heavy (non-hydrogen) atoms. The van der Waals surface area contributed by atoms with Crippen LogP contribution in [0.15, 0.2) is 24.3 Å². The lowest BCUT2D eigenvalue weighted by molar-refractivity contribution is -0.149. The van der Waals surface area contributed by atoms with Crippen molar-refractivity contribution in [2.75, 3.05) is 26.2 Å². The highest BCUT2D eigenvalue weighted by Gasteiger charge is 2.72. The van der Waals surface area contributed by atoms with Crippen molar-refractivity contribution >= 4 is 29.5 Å². The molecule has 4 aliphatic rings. The van der Waals surface area contributed by atoms with Crippen LogP contribution >= 0.6 is 11.8 Å². The van der Waals surface area contributed by atoms with Gasteiger partial charge in [-0.25, -0.2) is 0 Å². The Kier molecular flexibility index (Phi) is 7.19. The quantitative estimate of drug-likeness (QED) is 0.564. The van der Waals surface area contributed by atoms with E-state index in [1.807, 2.05) is 49.6 Å². The van der Waals surface area contributed by atoms with Gasteiger partial charge in [0.1, 0.15) is 6.04 Å². The van der Waals surface area contributed by atoms with Crippen molar-refractivity contribution in [2.24, 2.45) is 17.8 Å². The summed E-state index contributed by atoms with van der Waals surface area (Å²) in [5.74, 6) is -1.14. The third-order valence-electron chi connectivity index (χ3n) is 7.83. The Balaban J connectivity index is 1.86. The predicted molar refractivity (Wildman–Crippen MR) is 139 cm³/mol. The molecular weight excluding hydrogens is 462 g/mol. The summed E-state index contributed by atoms with van der Waals surface area (Å²) < 4.78 is -0.830. The first-order chi connectivity index (χ1) is 16.5. The van der Waals surface area contributed by atoms with Crippen LogP contribution in [0.5, 0.6) is 0 Å². The molecule has 7 nitrogen and oxygen atoms in total. The second kappa shape index (κ2) is 9.58. The summed E-state index contributed by atoms with van der Waals surface area (Å²) in [6.45, 7) is 13.7.